The summed E-state index contributed by atoms with van der Waals surface area (Å²) in [5.74, 6) is 1.72. The van der Waals surface area contributed by atoms with E-state index in [9.17, 15) is 13.2 Å². The minimum absolute atomic E-state index is 0.383. The van der Waals surface area contributed by atoms with Crippen molar-refractivity contribution < 1.29 is 27.4 Å². The summed E-state index contributed by atoms with van der Waals surface area (Å²) in [6, 6.07) is 18.4. The minimum Gasteiger partial charge on any atom is -0.497 e. The molecule has 1 amide bonds. The maximum Gasteiger partial charge on any atom is 0.265 e. The van der Waals surface area contributed by atoms with Gasteiger partial charge in [-0.25, -0.2) is 8.42 Å². The van der Waals surface area contributed by atoms with Gasteiger partial charge in [-0.2, -0.15) is 0 Å². The number of rotatable bonds is 10. The summed E-state index contributed by atoms with van der Waals surface area (Å²) < 4.78 is 41.5. The molecule has 10 heteroatoms. The summed E-state index contributed by atoms with van der Waals surface area (Å²) in [5.41, 5.74) is 0.877. The quantitative estimate of drug-likeness (QED) is 0.389. The molecule has 3 aromatic carbocycles. The summed E-state index contributed by atoms with van der Waals surface area (Å²) in [6.07, 6.45) is 0.713. The highest BCUT2D eigenvalue weighted by molar-refractivity contribution is 7.92. The van der Waals surface area contributed by atoms with E-state index in [0.29, 0.717) is 45.8 Å². The number of halogens is 1. The van der Waals surface area contributed by atoms with Gasteiger partial charge in [0.25, 0.3) is 5.91 Å². The summed E-state index contributed by atoms with van der Waals surface area (Å²) >= 11 is 6.16. The first-order valence-electron chi connectivity index (χ1n) is 10.7. The van der Waals surface area contributed by atoms with Crippen LogP contribution in [-0.4, -0.2) is 40.8 Å². The molecular formula is C25H27ClN2O6S. The second kappa shape index (κ2) is 11.3. The van der Waals surface area contributed by atoms with Crippen molar-refractivity contribution in [3.05, 3.63) is 71.8 Å². The molecule has 0 bridgehead atoms. The Labute approximate surface area is 210 Å². The molecule has 3 aromatic rings. The van der Waals surface area contributed by atoms with Gasteiger partial charge in [0, 0.05) is 12.1 Å². The van der Waals surface area contributed by atoms with E-state index in [-0.39, 0.29) is 5.91 Å². The molecule has 0 fully saturated rings. The largest absolute Gasteiger partial charge is 0.497 e. The lowest BCUT2D eigenvalue weighted by Gasteiger charge is -2.20. The van der Waals surface area contributed by atoms with Crippen LogP contribution in [0.3, 0.4) is 0 Å². The van der Waals surface area contributed by atoms with Crippen molar-refractivity contribution in [1.29, 1.82) is 0 Å². The first-order chi connectivity index (χ1) is 16.6. The molecule has 8 nitrogen and oxygen atoms in total. The van der Waals surface area contributed by atoms with Gasteiger partial charge >= 0.3 is 0 Å². The van der Waals surface area contributed by atoms with Crippen molar-refractivity contribution in [2.45, 2.75) is 19.4 Å². The molecule has 1 atom stereocenters. The number of carbonyl (C=O) groups is 1. The zero-order chi connectivity index (χ0) is 25.6. The molecule has 0 spiro atoms. The van der Waals surface area contributed by atoms with Crippen LogP contribution in [-0.2, 0) is 14.8 Å². The Morgan fingerprint density at radius 2 is 1.60 bits per heavy atom. The predicted octanol–water partition coefficient (Wildman–Crippen LogP) is 5.33. The molecule has 3 rings (SSSR count). The zero-order valence-electron chi connectivity index (χ0n) is 19.8. The van der Waals surface area contributed by atoms with Crippen LogP contribution in [0, 0.1) is 0 Å². The summed E-state index contributed by atoms with van der Waals surface area (Å²) in [4.78, 5) is 13.0. The predicted molar refractivity (Wildman–Crippen MR) is 138 cm³/mol. The van der Waals surface area contributed by atoms with E-state index in [0.717, 1.165) is 10.6 Å². The molecule has 1 unspecified atom stereocenters. The van der Waals surface area contributed by atoms with Crippen LogP contribution in [0.2, 0.25) is 5.02 Å². The van der Waals surface area contributed by atoms with Gasteiger partial charge in [0.1, 0.15) is 17.2 Å². The second-order valence-corrected chi connectivity index (χ2v) is 10.1. The van der Waals surface area contributed by atoms with Gasteiger partial charge in [-0.3, -0.25) is 9.10 Å². The number of hydrogen-bond acceptors (Lipinski definition) is 6. The van der Waals surface area contributed by atoms with Gasteiger partial charge < -0.3 is 19.5 Å². The molecule has 35 heavy (non-hydrogen) atoms. The second-order valence-electron chi connectivity index (χ2n) is 7.65. The average Bonchev–Trinajstić information content (AvgIpc) is 2.84. The standard InChI is InChI=1S/C25H27ClN2O6S/c1-5-23(33-20-9-7-18(8-10-20)28(2)35(4,30)31)25(29)27-22-16-17(26)6-15-24(22)34-21-13-11-19(32-3)12-14-21/h6-16,23H,5H2,1-4H3,(H,27,29). The topological polar surface area (TPSA) is 94.2 Å². The molecule has 0 radical (unpaired) electrons. The molecule has 0 saturated carbocycles. The molecule has 0 saturated heterocycles. The highest BCUT2D eigenvalue weighted by atomic mass is 35.5. The van der Waals surface area contributed by atoms with Gasteiger partial charge in [-0.1, -0.05) is 18.5 Å². The highest BCUT2D eigenvalue weighted by Crippen LogP contribution is 2.33. The molecule has 0 aliphatic rings. The number of nitrogens with zero attached hydrogens (tertiary/aromatic N) is 1. The van der Waals surface area contributed by atoms with E-state index in [2.05, 4.69) is 5.32 Å². The summed E-state index contributed by atoms with van der Waals surface area (Å²) in [7, 11) is -0.336. The number of anilines is 2. The van der Waals surface area contributed by atoms with Gasteiger partial charge in [0.15, 0.2) is 11.9 Å². The fraction of sp³-hybridized carbons (Fsp3) is 0.240. The molecular weight excluding hydrogens is 492 g/mol. The summed E-state index contributed by atoms with van der Waals surface area (Å²) in [6.45, 7) is 1.82. The third kappa shape index (κ3) is 7.03. The molecule has 0 aromatic heterocycles. The van der Waals surface area contributed by atoms with E-state index < -0.39 is 16.1 Å². The van der Waals surface area contributed by atoms with Crippen molar-refractivity contribution in [2.75, 3.05) is 30.0 Å². The van der Waals surface area contributed by atoms with Crippen molar-refractivity contribution in [2.24, 2.45) is 0 Å². The number of carbonyl (C=O) groups excluding carboxylic acids is 1. The number of benzene rings is 3. The van der Waals surface area contributed by atoms with E-state index in [1.165, 1.54) is 7.05 Å². The Kier molecular flexibility index (Phi) is 8.48. The molecule has 0 heterocycles. The van der Waals surface area contributed by atoms with Gasteiger partial charge in [0.2, 0.25) is 10.0 Å². The molecule has 186 valence electrons. The lowest BCUT2D eigenvalue weighted by Crippen LogP contribution is -2.32. The average molecular weight is 519 g/mol. The lowest BCUT2D eigenvalue weighted by molar-refractivity contribution is -0.122. The number of amides is 1. The number of nitrogens with one attached hydrogen (secondary N) is 1. The Morgan fingerprint density at radius 3 is 2.17 bits per heavy atom. The van der Waals surface area contributed by atoms with E-state index in [4.69, 9.17) is 25.8 Å². The van der Waals surface area contributed by atoms with E-state index in [1.54, 1.807) is 73.8 Å². The monoisotopic (exact) mass is 518 g/mol. The Hall–Kier alpha value is -3.43. The van der Waals surface area contributed by atoms with Crippen LogP contribution < -0.4 is 23.8 Å². The maximum atomic E-state index is 13.0. The number of sulfonamides is 1. The first-order valence-corrected chi connectivity index (χ1v) is 13.0. The van der Waals surface area contributed by atoms with Gasteiger partial charge in [-0.15, -0.1) is 0 Å². The normalized spacial score (nSPS) is 11.9. The Balaban J connectivity index is 1.73. The van der Waals surface area contributed by atoms with Crippen molar-refractivity contribution in [1.82, 2.24) is 0 Å². The van der Waals surface area contributed by atoms with Crippen LogP contribution in [0.15, 0.2) is 66.7 Å². The van der Waals surface area contributed by atoms with Crippen LogP contribution >= 0.6 is 11.6 Å². The van der Waals surface area contributed by atoms with E-state index >= 15 is 0 Å². The molecule has 0 aliphatic heterocycles. The fourth-order valence-electron chi connectivity index (χ4n) is 3.09. The maximum absolute atomic E-state index is 13.0. The lowest BCUT2D eigenvalue weighted by atomic mass is 10.2. The fourth-order valence-corrected chi connectivity index (χ4v) is 3.76. The summed E-state index contributed by atoms with van der Waals surface area (Å²) in [5, 5.41) is 3.26. The number of methoxy groups -OCH3 is 1. The third-order valence-electron chi connectivity index (χ3n) is 5.13. The van der Waals surface area contributed by atoms with Crippen LogP contribution in [0.1, 0.15) is 13.3 Å². The zero-order valence-corrected chi connectivity index (χ0v) is 21.4. The first kappa shape index (κ1) is 26.2. The molecule has 0 aliphatic carbocycles. The van der Waals surface area contributed by atoms with E-state index in [1.807, 2.05) is 6.92 Å². The van der Waals surface area contributed by atoms with Crippen molar-refractivity contribution >= 4 is 38.9 Å². The Bertz CT molecular complexity index is 1260. The molecule has 1 N–H and O–H groups in total. The number of hydrogen-bond donors (Lipinski definition) is 1. The SMILES string of the molecule is CCC(Oc1ccc(N(C)S(C)(=O)=O)cc1)C(=O)Nc1cc(Cl)ccc1Oc1ccc(OC)cc1. The third-order valence-corrected chi connectivity index (χ3v) is 6.57. The van der Waals surface area contributed by atoms with Crippen LogP contribution in [0.4, 0.5) is 11.4 Å². The Morgan fingerprint density at radius 1 is 1.00 bits per heavy atom. The van der Waals surface area contributed by atoms with Gasteiger partial charge in [-0.05, 0) is 73.2 Å². The van der Waals surface area contributed by atoms with Crippen LogP contribution in [0.5, 0.6) is 23.0 Å². The van der Waals surface area contributed by atoms with Crippen molar-refractivity contribution in [3.63, 3.8) is 0 Å². The van der Waals surface area contributed by atoms with Gasteiger partial charge in [0.05, 0.1) is 24.7 Å². The number of ether oxygens (including phenoxy) is 3. The highest BCUT2D eigenvalue weighted by Gasteiger charge is 2.21. The minimum atomic E-state index is -3.38. The van der Waals surface area contributed by atoms with Crippen LogP contribution in [0.25, 0.3) is 0 Å². The van der Waals surface area contributed by atoms with Crippen molar-refractivity contribution in [3.8, 4) is 23.0 Å². The smallest absolute Gasteiger partial charge is 0.265 e.